The Kier molecular flexibility index (Phi) is 4.47. The monoisotopic (exact) mass is 261 g/mol. The Morgan fingerprint density at radius 3 is 2.72 bits per heavy atom. The van der Waals surface area contributed by atoms with Gasteiger partial charge in [-0.15, -0.1) is 0 Å². The summed E-state index contributed by atoms with van der Waals surface area (Å²) in [6, 6.07) is 5.94. The minimum atomic E-state index is -0.162. The molecule has 3 nitrogen and oxygen atoms in total. The van der Waals surface area contributed by atoms with E-state index in [1.165, 1.54) is 0 Å². The van der Waals surface area contributed by atoms with Gasteiger partial charge in [-0.2, -0.15) is 11.3 Å². The SMILES string of the molecule is CCOC(=O)CC(c1ccncc1)c1ccsc1. The molecule has 2 heterocycles. The molecule has 0 aliphatic rings. The number of carbonyl (C=O) groups is 1. The van der Waals surface area contributed by atoms with Gasteiger partial charge in [0, 0.05) is 18.3 Å². The van der Waals surface area contributed by atoms with Gasteiger partial charge < -0.3 is 4.74 Å². The molecule has 0 amide bonds. The number of ether oxygens (including phenoxy) is 1. The van der Waals surface area contributed by atoms with E-state index < -0.39 is 0 Å². The first kappa shape index (κ1) is 12.8. The largest absolute Gasteiger partial charge is 0.466 e. The third-order valence-electron chi connectivity index (χ3n) is 2.73. The van der Waals surface area contributed by atoms with Gasteiger partial charge in [-0.05, 0) is 47.0 Å². The third kappa shape index (κ3) is 3.17. The predicted molar refractivity (Wildman–Crippen MR) is 71.6 cm³/mol. The van der Waals surface area contributed by atoms with Crippen molar-refractivity contribution < 1.29 is 9.53 Å². The molecule has 1 unspecified atom stereocenters. The van der Waals surface area contributed by atoms with Crippen LogP contribution in [0.4, 0.5) is 0 Å². The van der Waals surface area contributed by atoms with E-state index in [0.717, 1.165) is 11.1 Å². The van der Waals surface area contributed by atoms with E-state index >= 15 is 0 Å². The molecule has 0 aromatic carbocycles. The van der Waals surface area contributed by atoms with Gasteiger partial charge in [0.05, 0.1) is 13.0 Å². The molecule has 0 aliphatic carbocycles. The summed E-state index contributed by atoms with van der Waals surface area (Å²) < 4.78 is 5.04. The number of thiophene rings is 1. The van der Waals surface area contributed by atoms with Crippen molar-refractivity contribution in [1.29, 1.82) is 0 Å². The normalized spacial score (nSPS) is 12.1. The molecule has 0 saturated heterocycles. The van der Waals surface area contributed by atoms with Crippen molar-refractivity contribution in [1.82, 2.24) is 4.98 Å². The van der Waals surface area contributed by atoms with Gasteiger partial charge in [-0.3, -0.25) is 9.78 Å². The highest BCUT2D eigenvalue weighted by atomic mass is 32.1. The Labute approximate surface area is 110 Å². The van der Waals surface area contributed by atoms with Crippen LogP contribution in [0.15, 0.2) is 41.4 Å². The van der Waals surface area contributed by atoms with E-state index in [-0.39, 0.29) is 11.9 Å². The number of carbonyl (C=O) groups excluding carboxylic acids is 1. The maximum absolute atomic E-state index is 11.7. The fourth-order valence-electron chi connectivity index (χ4n) is 1.88. The molecule has 18 heavy (non-hydrogen) atoms. The Morgan fingerprint density at radius 1 is 1.33 bits per heavy atom. The van der Waals surface area contributed by atoms with E-state index in [4.69, 9.17) is 4.74 Å². The number of esters is 1. The second-order valence-corrected chi connectivity index (χ2v) is 4.68. The van der Waals surface area contributed by atoms with Gasteiger partial charge in [-0.25, -0.2) is 0 Å². The minimum Gasteiger partial charge on any atom is -0.466 e. The zero-order valence-electron chi connectivity index (χ0n) is 10.2. The van der Waals surface area contributed by atoms with Crippen LogP contribution in [0.3, 0.4) is 0 Å². The standard InChI is InChI=1S/C14H15NO2S/c1-2-17-14(16)9-13(12-5-8-18-10-12)11-3-6-15-7-4-11/h3-8,10,13H,2,9H2,1H3. The van der Waals surface area contributed by atoms with E-state index in [2.05, 4.69) is 16.4 Å². The highest BCUT2D eigenvalue weighted by molar-refractivity contribution is 7.08. The lowest BCUT2D eigenvalue weighted by Gasteiger charge is -2.15. The fraction of sp³-hybridized carbons (Fsp3) is 0.286. The second kappa shape index (κ2) is 6.31. The summed E-state index contributed by atoms with van der Waals surface area (Å²) in [6.07, 6.45) is 3.87. The molecule has 4 heteroatoms. The lowest BCUT2D eigenvalue weighted by molar-refractivity contribution is -0.143. The van der Waals surface area contributed by atoms with Gasteiger partial charge in [-0.1, -0.05) is 0 Å². The van der Waals surface area contributed by atoms with Crippen molar-refractivity contribution >= 4 is 17.3 Å². The zero-order chi connectivity index (χ0) is 12.8. The molecule has 0 spiro atoms. The number of hydrogen-bond donors (Lipinski definition) is 0. The van der Waals surface area contributed by atoms with Crippen molar-refractivity contribution in [2.75, 3.05) is 6.61 Å². The first-order valence-corrected chi connectivity index (χ1v) is 6.83. The fourth-order valence-corrected chi connectivity index (χ4v) is 2.60. The number of rotatable bonds is 5. The molecule has 0 bridgehead atoms. The van der Waals surface area contributed by atoms with E-state index in [9.17, 15) is 4.79 Å². The minimum absolute atomic E-state index is 0.0540. The van der Waals surface area contributed by atoms with Crippen molar-refractivity contribution in [3.63, 3.8) is 0 Å². The number of hydrogen-bond acceptors (Lipinski definition) is 4. The third-order valence-corrected chi connectivity index (χ3v) is 3.43. The molecule has 0 saturated carbocycles. The Morgan fingerprint density at radius 2 is 2.11 bits per heavy atom. The second-order valence-electron chi connectivity index (χ2n) is 3.90. The first-order valence-electron chi connectivity index (χ1n) is 5.89. The van der Waals surface area contributed by atoms with Gasteiger partial charge >= 0.3 is 5.97 Å². The molecule has 2 aromatic heterocycles. The van der Waals surface area contributed by atoms with Crippen LogP contribution in [-0.2, 0) is 9.53 Å². The molecule has 0 fully saturated rings. The summed E-state index contributed by atoms with van der Waals surface area (Å²) in [5.41, 5.74) is 2.25. The summed E-state index contributed by atoms with van der Waals surface area (Å²) in [5.74, 6) is -0.108. The molecule has 94 valence electrons. The Hall–Kier alpha value is -1.68. The average molecular weight is 261 g/mol. The highest BCUT2D eigenvalue weighted by Gasteiger charge is 2.19. The number of pyridine rings is 1. The van der Waals surface area contributed by atoms with Crippen LogP contribution in [0.5, 0.6) is 0 Å². The van der Waals surface area contributed by atoms with Gasteiger partial charge in [0.15, 0.2) is 0 Å². The van der Waals surface area contributed by atoms with E-state index in [1.807, 2.05) is 24.4 Å². The highest BCUT2D eigenvalue weighted by Crippen LogP contribution is 2.29. The first-order chi connectivity index (χ1) is 8.81. The maximum Gasteiger partial charge on any atom is 0.306 e. The van der Waals surface area contributed by atoms with E-state index in [1.54, 1.807) is 23.7 Å². The van der Waals surface area contributed by atoms with Crippen LogP contribution in [0.1, 0.15) is 30.4 Å². The summed E-state index contributed by atoms with van der Waals surface area (Å²) in [5, 5.41) is 4.10. The van der Waals surface area contributed by atoms with Gasteiger partial charge in [0.1, 0.15) is 0 Å². The van der Waals surface area contributed by atoms with Crippen molar-refractivity contribution in [2.24, 2.45) is 0 Å². The molecule has 0 radical (unpaired) electrons. The molecule has 2 rings (SSSR count). The van der Waals surface area contributed by atoms with E-state index in [0.29, 0.717) is 13.0 Å². The van der Waals surface area contributed by atoms with Crippen molar-refractivity contribution in [3.8, 4) is 0 Å². The lowest BCUT2D eigenvalue weighted by Crippen LogP contribution is -2.11. The molecular weight excluding hydrogens is 246 g/mol. The number of nitrogens with zero attached hydrogens (tertiary/aromatic N) is 1. The van der Waals surface area contributed by atoms with Crippen LogP contribution in [-0.4, -0.2) is 17.6 Å². The van der Waals surface area contributed by atoms with Crippen LogP contribution in [0, 0.1) is 0 Å². The van der Waals surface area contributed by atoms with Crippen LogP contribution < -0.4 is 0 Å². The lowest BCUT2D eigenvalue weighted by atomic mass is 9.91. The molecule has 1 atom stereocenters. The van der Waals surface area contributed by atoms with Crippen LogP contribution >= 0.6 is 11.3 Å². The van der Waals surface area contributed by atoms with Crippen molar-refractivity contribution in [2.45, 2.75) is 19.3 Å². The van der Waals surface area contributed by atoms with Gasteiger partial charge in [0.25, 0.3) is 0 Å². The average Bonchev–Trinajstić information content (AvgIpc) is 2.91. The smallest absolute Gasteiger partial charge is 0.306 e. The zero-order valence-corrected chi connectivity index (χ0v) is 11.0. The summed E-state index contributed by atoms with van der Waals surface area (Å²) in [4.78, 5) is 15.7. The molecule has 0 aliphatic heterocycles. The summed E-state index contributed by atoms with van der Waals surface area (Å²) >= 11 is 1.64. The Balaban J connectivity index is 2.22. The molecule has 2 aromatic rings. The van der Waals surface area contributed by atoms with Crippen LogP contribution in [0.25, 0.3) is 0 Å². The Bertz CT molecular complexity index is 482. The van der Waals surface area contributed by atoms with Crippen LogP contribution in [0.2, 0.25) is 0 Å². The quantitative estimate of drug-likeness (QED) is 0.776. The topological polar surface area (TPSA) is 39.2 Å². The maximum atomic E-state index is 11.7. The molecule has 0 N–H and O–H groups in total. The molecular formula is C14H15NO2S. The summed E-state index contributed by atoms with van der Waals surface area (Å²) in [7, 11) is 0. The van der Waals surface area contributed by atoms with Crippen molar-refractivity contribution in [3.05, 3.63) is 52.5 Å². The van der Waals surface area contributed by atoms with Gasteiger partial charge in [0.2, 0.25) is 0 Å². The number of aromatic nitrogens is 1. The predicted octanol–water partition coefficient (Wildman–Crippen LogP) is 3.23. The summed E-state index contributed by atoms with van der Waals surface area (Å²) in [6.45, 7) is 2.25.